The highest BCUT2D eigenvalue weighted by Crippen LogP contribution is 2.35. The van der Waals surface area contributed by atoms with E-state index in [-0.39, 0.29) is 13.6 Å². The summed E-state index contributed by atoms with van der Waals surface area (Å²) in [7, 11) is 0. The Hall–Kier alpha value is -4.68. The maximum atomic E-state index is 9.67. The van der Waals surface area contributed by atoms with Gasteiger partial charge < -0.3 is 18.9 Å². The van der Waals surface area contributed by atoms with Crippen molar-refractivity contribution in [3.63, 3.8) is 0 Å². The van der Waals surface area contributed by atoms with Crippen molar-refractivity contribution in [1.82, 2.24) is 0 Å². The van der Waals surface area contributed by atoms with Gasteiger partial charge in [-0.1, -0.05) is 36.4 Å². The molecule has 6 nitrogen and oxygen atoms in total. The van der Waals surface area contributed by atoms with Crippen LogP contribution in [0, 0.1) is 22.7 Å². The van der Waals surface area contributed by atoms with Crippen molar-refractivity contribution in [2.45, 2.75) is 0 Å². The molecule has 5 rings (SSSR count). The molecule has 3 aromatic carbocycles. The highest BCUT2D eigenvalue weighted by molar-refractivity contribution is 5.92. The van der Waals surface area contributed by atoms with Gasteiger partial charge in [-0.05, 0) is 58.7 Å². The number of hydrogen-bond acceptors (Lipinski definition) is 6. The summed E-state index contributed by atoms with van der Waals surface area (Å²) < 4.78 is 21.5. The van der Waals surface area contributed by atoms with Gasteiger partial charge in [0.25, 0.3) is 0 Å². The van der Waals surface area contributed by atoms with Gasteiger partial charge in [-0.3, -0.25) is 0 Å². The van der Waals surface area contributed by atoms with Crippen molar-refractivity contribution in [3.05, 3.63) is 82.9 Å². The lowest BCUT2D eigenvalue weighted by Gasteiger charge is -2.05. The molecule has 2 aliphatic heterocycles. The molecule has 0 unspecified atom stereocenters. The molecule has 0 radical (unpaired) electrons. The van der Waals surface area contributed by atoms with Crippen LogP contribution in [0.1, 0.15) is 22.3 Å². The molecule has 0 N–H and O–H groups in total. The molecule has 32 heavy (non-hydrogen) atoms. The lowest BCUT2D eigenvalue weighted by Crippen LogP contribution is -1.92. The van der Waals surface area contributed by atoms with Crippen molar-refractivity contribution in [3.8, 4) is 35.1 Å². The van der Waals surface area contributed by atoms with E-state index in [4.69, 9.17) is 18.9 Å². The van der Waals surface area contributed by atoms with Crippen LogP contribution in [0.15, 0.2) is 60.7 Å². The van der Waals surface area contributed by atoms with Gasteiger partial charge in [-0.25, -0.2) is 0 Å². The van der Waals surface area contributed by atoms with E-state index in [1.165, 1.54) is 0 Å². The van der Waals surface area contributed by atoms with E-state index in [1.807, 2.05) is 60.7 Å². The maximum absolute atomic E-state index is 9.67. The number of allylic oxidation sites excluding steroid dienone is 2. The molecule has 0 fully saturated rings. The number of nitrogens with zero attached hydrogens (tertiary/aromatic N) is 2. The van der Waals surface area contributed by atoms with Crippen molar-refractivity contribution in [1.29, 1.82) is 10.5 Å². The summed E-state index contributed by atoms with van der Waals surface area (Å²) in [6.45, 7) is 0.409. The minimum Gasteiger partial charge on any atom is -0.454 e. The van der Waals surface area contributed by atoms with Crippen LogP contribution in [0.3, 0.4) is 0 Å². The molecule has 0 saturated carbocycles. The molecule has 3 aromatic rings. The third-order valence-electron chi connectivity index (χ3n) is 5.16. The fourth-order valence-corrected chi connectivity index (χ4v) is 3.53. The lowest BCUT2D eigenvalue weighted by molar-refractivity contribution is 0.173. The first-order chi connectivity index (χ1) is 15.7. The fraction of sp³-hybridized carbons (Fsp3) is 0.0769. The van der Waals surface area contributed by atoms with Gasteiger partial charge in [-0.2, -0.15) is 10.5 Å². The van der Waals surface area contributed by atoms with E-state index in [9.17, 15) is 10.5 Å². The quantitative estimate of drug-likeness (QED) is 0.422. The Morgan fingerprint density at radius 1 is 0.594 bits per heavy atom. The van der Waals surface area contributed by atoms with Gasteiger partial charge in [0.1, 0.15) is 0 Å². The summed E-state index contributed by atoms with van der Waals surface area (Å²) in [6.07, 6.45) is 3.59. The monoisotopic (exact) mass is 420 g/mol. The Morgan fingerprint density at radius 3 is 1.41 bits per heavy atom. The smallest absolute Gasteiger partial charge is 0.231 e. The molecule has 154 valence electrons. The molecule has 2 aliphatic rings. The molecule has 0 aromatic heterocycles. The van der Waals surface area contributed by atoms with E-state index in [2.05, 4.69) is 12.1 Å². The number of rotatable bonds is 4. The Morgan fingerprint density at radius 2 is 1.00 bits per heavy atom. The van der Waals surface area contributed by atoms with Gasteiger partial charge in [0.15, 0.2) is 23.0 Å². The minimum absolute atomic E-state index is 0.204. The van der Waals surface area contributed by atoms with E-state index < -0.39 is 0 Å². The summed E-state index contributed by atoms with van der Waals surface area (Å²) in [5.74, 6) is 2.73. The SMILES string of the molecule is N#C/C(=C\c1ccc2c(c1)OCO2)c1ccc(/C(C#N)=C/c2ccc3c(c2)OCO3)cc1. The van der Waals surface area contributed by atoms with Crippen LogP contribution < -0.4 is 18.9 Å². The molecule has 2 heterocycles. The third kappa shape index (κ3) is 3.74. The first-order valence-corrected chi connectivity index (χ1v) is 9.87. The summed E-state index contributed by atoms with van der Waals surface area (Å²) in [5, 5.41) is 19.3. The van der Waals surface area contributed by atoms with Crippen LogP contribution in [-0.4, -0.2) is 13.6 Å². The average molecular weight is 420 g/mol. The Kier molecular flexibility index (Phi) is 4.95. The molecule has 0 atom stereocenters. The van der Waals surface area contributed by atoms with Crippen molar-refractivity contribution >= 4 is 23.3 Å². The standard InChI is InChI=1S/C26H16N2O4/c27-13-21(9-17-1-7-23-25(11-17)31-15-29-23)19-3-5-20(6-4-19)22(14-28)10-18-2-8-24-26(12-18)32-16-30-24/h1-12H,15-16H2/b21-9+,22-10+. The lowest BCUT2D eigenvalue weighted by atomic mass is 9.98. The maximum Gasteiger partial charge on any atom is 0.231 e. The second kappa shape index (κ2) is 8.22. The van der Waals surface area contributed by atoms with Crippen LogP contribution in [-0.2, 0) is 0 Å². The number of fused-ring (bicyclic) bond motifs is 2. The third-order valence-corrected chi connectivity index (χ3v) is 5.16. The van der Waals surface area contributed by atoms with Crippen molar-refractivity contribution in [2.75, 3.05) is 13.6 Å². The predicted octanol–water partition coefficient (Wildman–Crippen LogP) is 5.27. The van der Waals surface area contributed by atoms with Crippen LogP contribution in [0.5, 0.6) is 23.0 Å². The zero-order valence-electron chi connectivity index (χ0n) is 16.9. The highest BCUT2D eigenvalue weighted by atomic mass is 16.7. The normalized spacial score (nSPS) is 14.1. The first-order valence-electron chi connectivity index (χ1n) is 9.87. The minimum atomic E-state index is 0.204. The molecule has 0 amide bonds. The highest BCUT2D eigenvalue weighted by Gasteiger charge is 2.14. The van der Waals surface area contributed by atoms with E-state index in [0.29, 0.717) is 34.1 Å². The first kappa shape index (κ1) is 19.3. The van der Waals surface area contributed by atoms with Gasteiger partial charge in [0.2, 0.25) is 13.6 Å². The second-order valence-electron chi connectivity index (χ2n) is 7.14. The van der Waals surface area contributed by atoms with Crippen molar-refractivity contribution < 1.29 is 18.9 Å². The van der Waals surface area contributed by atoms with Crippen LogP contribution in [0.4, 0.5) is 0 Å². The summed E-state index contributed by atoms with van der Waals surface area (Å²) in [4.78, 5) is 0. The van der Waals surface area contributed by atoms with E-state index >= 15 is 0 Å². The van der Waals surface area contributed by atoms with Gasteiger partial charge in [0, 0.05) is 0 Å². The Labute approximate surface area is 184 Å². The zero-order valence-corrected chi connectivity index (χ0v) is 16.9. The predicted molar refractivity (Wildman–Crippen MR) is 119 cm³/mol. The van der Waals surface area contributed by atoms with E-state index in [0.717, 1.165) is 22.3 Å². The summed E-state index contributed by atoms with van der Waals surface area (Å²) in [5.41, 5.74) is 4.22. The zero-order chi connectivity index (χ0) is 21.9. The van der Waals surface area contributed by atoms with Crippen LogP contribution in [0.25, 0.3) is 23.3 Å². The molecular formula is C26H16N2O4. The fourth-order valence-electron chi connectivity index (χ4n) is 3.53. The molecule has 0 aliphatic carbocycles. The van der Waals surface area contributed by atoms with Crippen molar-refractivity contribution in [2.24, 2.45) is 0 Å². The topological polar surface area (TPSA) is 84.5 Å². The number of ether oxygens (including phenoxy) is 4. The van der Waals surface area contributed by atoms with Crippen LogP contribution in [0.2, 0.25) is 0 Å². The van der Waals surface area contributed by atoms with Gasteiger partial charge in [-0.15, -0.1) is 0 Å². The average Bonchev–Trinajstić information content (AvgIpc) is 3.49. The Bertz CT molecular complexity index is 1240. The molecule has 6 heteroatoms. The summed E-state index contributed by atoms with van der Waals surface area (Å²) in [6, 6.07) is 22.9. The largest absolute Gasteiger partial charge is 0.454 e. The van der Waals surface area contributed by atoms with E-state index in [1.54, 1.807) is 12.2 Å². The molecule has 0 spiro atoms. The summed E-state index contributed by atoms with van der Waals surface area (Å²) >= 11 is 0. The molecule has 0 bridgehead atoms. The van der Waals surface area contributed by atoms with Gasteiger partial charge >= 0.3 is 0 Å². The number of benzene rings is 3. The Balaban J connectivity index is 1.41. The molecule has 0 saturated heterocycles. The second-order valence-corrected chi connectivity index (χ2v) is 7.14. The van der Waals surface area contributed by atoms with Gasteiger partial charge in [0.05, 0.1) is 23.3 Å². The molecular weight excluding hydrogens is 404 g/mol. The number of hydrogen-bond donors (Lipinski definition) is 0. The number of nitriles is 2. The van der Waals surface area contributed by atoms with Crippen LogP contribution >= 0.6 is 0 Å².